The molecule has 0 aromatic heterocycles. The van der Waals surface area contributed by atoms with Crippen LogP contribution < -0.4 is 4.90 Å². The molecule has 2 unspecified atom stereocenters. The fraction of sp³-hybridized carbons (Fsp3) is 0.571. The average molecular weight is 235 g/mol. The van der Waals surface area contributed by atoms with Gasteiger partial charge in [-0.25, -0.2) is 0 Å². The second kappa shape index (κ2) is 5.52. The summed E-state index contributed by atoms with van der Waals surface area (Å²) in [5.74, 6) is 0. The van der Waals surface area contributed by atoms with Crippen molar-refractivity contribution in [2.45, 2.75) is 31.9 Å². The zero-order chi connectivity index (χ0) is 12.3. The second-order valence-corrected chi connectivity index (χ2v) is 4.64. The first-order valence-corrected chi connectivity index (χ1v) is 6.31. The average Bonchev–Trinajstić information content (AvgIpc) is 2.91. The first-order valence-electron chi connectivity index (χ1n) is 6.31. The largest absolute Gasteiger partial charge is 0.388 e. The lowest BCUT2D eigenvalue weighted by Crippen LogP contribution is -2.31. The van der Waals surface area contributed by atoms with E-state index < -0.39 is 0 Å². The number of anilines is 1. The van der Waals surface area contributed by atoms with Crippen molar-refractivity contribution >= 4 is 5.69 Å². The van der Waals surface area contributed by atoms with Crippen LogP contribution in [0, 0.1) is 0 Å². The molecule has 0 radical (unpaired) electrons. The number of likely N-dealkylation sites (N-methyl/N-ethyl adjacent to an activating group) is 1. The smallest absolute Gasteiger partial charge is 0.0787 e. The highest BCUT2D eigenvalue weighted by molar-refractivity contribution is 5.48. The Morgan fingerprint density at radius 3 is 2.65 bits per heavy atom. The highest BCUT2D eigenvalue weighted by Gasteiger charge is 2.20. The van der Waals surface area contributed by atoms with E-state index in [0.717, 1.165) is 31.6 Å². The number of ether oxygens (including phenoxy) is 1. The third-order valence-electron chi connectivity index (χ3n) is 3.53. The van der Waals surface area contributed by atoms with Gasteiger partial charge in [0.1, 0.15) is 0 Å². The Labute approximate surface area is 103 Å². The van der Waals surface area contributed by atoms with E-state index in [2.05, 4.69) is 24.1 Å². The van der Waals surface area contributed by atoms with Crippen LogP contribution in [0.1, 0.15) is 31.4 Å². The van der Waals surface area contributed by atoms with Crippen molar-refractivity contribution in [1.82, 2.24) is 0 Å². The fourth-order valence-electron chi connectivity index (χ4n) is 2.21. The molecular formula is C14H21NO2. The number of hydrogen-bond acceptors (Lipinski definition) is 3. The molecule has 1 heterocycles. The summed E-state index contributed by atoms with van der Waals surface area (Å²) < 4.78 is 5.40. The Hall–Kier alpha value is -1.06. The summed E-state index contributed by atoms with van der Waals surface area (Å²) in [5, 5.41) is 9.74. The molecule has 1 aromatic carbocycles. The highest BCUT2D eigenvalue weighted by Crippen LogP contribution is 2.23. The molecule has 1 saturated heterocycles. The summed E-state index contributed by atoms with van der Waals surface area (Å²) in [6.45, 7) is 3.66. The van der Waals surface area contributed by atoms with E-state index in [4.69, 9.17) is 4.74 Å². The van der Waals surface area contributed by atoms with Gasteiger partial charge < -0.3 is 14.7 Å². The molecule has 1 aromatic rings. The maximum atomic E-state index is 9.74. The van der Waals surface area contributed by atoms with Crippen molar-refractivity contribution in [3.05, 3.63) is 29.8 Å². The first kappa shape index (κ1) is 12.4. The van der Waals surface area contributed by atoms with Crippen LogP contribution in [-0.4, -0.2) is 31.4 Å². The van der Waals surface area contributed by atoms with Crippen LogP contribution in [0.4, 0.5) is 5.69 Å². The molecule has 0 aliphatic carbocycles. The van der Waals surface area contributed by atoms with E-state index in [0.29, 0.717) is 6.04 Å². The van der Waals surface area contributed by atoms with Gasteiger partial charge in [-0.2, -0.15) is 0 Å². The molecule has 1 N–H and O–H groups in total. The zero-order valence-electron chi connectivity index (χ0n) is 10.6. The highest BCUT2D eigenvalue weighted by atomic mass is 16.5. The lowest BCUT2D eigenvalue weighted by Gasteiger charge is -2.25. The van der Waals surface area contributed by atoms with Crippen LogP contribution >= 0.6 is 0 Å². The topological polar surface area (TPSA) is 32.7 Å². The van der Waals surface area contributed by atoms with E-state index in [1.165, 1.54) is 5.69 Å². The van der Waals surface area contributed by atoms with Crippen molar-refractivity contribution < 1.29 is 9.84 Å². The summed E-state index contributed by atoms with van der Waals surface area (Å²) in [5.41, 5.74) is 2.18. The molecule has 0 spiro atoms. The Morgan fingerprint density at radius 1 is 1.41 bits per heavy atom. The van der Waals surface area contributed by atoms with Gasteiger partial charge in [0.2, 0.25) is 0 Å². The van der Waals surface area contributed by atoms with Crippen molar-refractivity contribution in [2.24, 2.45) is 0 Å². The van der Waals surface area contributed by atoms with Crippen molar-refractivity contribution in [3.8, 4) is 0 Å². The molecule has 0 amide bonds. The molecule has 2 rings (SSSR count). The van der Waals surface area contributed by atoms with Gasteiger partial charge in [-0.05, 0) is 30.5 Å². The lowest BCUT2D eigenvalue weighted by molar-refractivity contribution is 0.173. The van der Waals surface area contributed by atoms with E-state index in [1.54, 1.807) is 0 Å². The summed E-state index contributed by atoms with van der Waals surface area (Å²) in [6, 6.07) is 8.65. The Morgan fingerprint density at radius 2 is 2.12 bits per heavy atom. The SMILES string of the molecule is CCC(O)c1ccc(N(C)C2CCOC2)cc1. The Balaban J connectivity index is 2.06. The van der Waals surface area contributed by atoms with Gasteiger partial charge >= 0.3 is 0 Å². The molecule has 2 atom stereocenters. The van der Waals surface area contributed by atoms with E-state index in [1.807, 2.05) is 19.1 Å². The van der Waals surface area contributed by atoms with Gasteiger partial charge in [-0.1, -0.05) is 19.1 Å². The number of rotatable bonds is 4. The normalized spacial score (nSPS) is 21.5. The van der Waals surface area contributed by atoms with Crippen LogP contribution in [-0.2, 0) is 4.74 Å². The van der Waals surface area contributed by atoms with Crippen molar-refractivity contribution in [2.75, 3.05) is 25.2 Å². The predicted octanol–water partition coefficient (Wildman–Crippen LogP) is 2.36. The van der Waals surface area contributed by atoms with E-state index in [9.17, 15) is 5.11 Å². The quantitative estimate of drug-likeness (QED) is 0.869. The van der Waals surface area contributed by atoms with Crippen LogP contribution in [0.5, 0.6) is 0 Å². The molecule has 1 aliphatic rings. The zero-order valence-corrected chi connectivity index (χ0v) is 10.6. The van der Waals surface area contributed by atoms with Crippen LogP contribution in [0.15, 0.2) is 24.3 Å². The number of aliphatic hydroxyl groups excluding tert-OH is 1. The number of nitrogens with zero attached hydrogens (tertiary/aromatic N) is 1. The molecule has 17 heavy (non-hydrogen) atoms. The van der Waals surface area contributed by atoms with Gasteiger partial charge in [0, 0.05) is 19.3 Å². The first-order chi connectivity index (χ1) is 8.22. The predicted molar refractivity (Wildman–Crippen MR) is 69.3 cm³/mol. The minimum atomic E-state index is -0.343. The Bertz CT molecular complexity index is 344. The van der Waals surface area contributed by atoms with Gasteiger partial charge in [0.05, 0.1) is 18.8 Å². The summed E-state index contributed by atoms with van der Waals surface area (Å²) in [4.78, 5) is 2.26. The maximum Gasteiger partial charge on any atom is 0.0787 e. The molecule has 1 fully saturated rings. The monoisotopic (exact) mass is 235 g/mol. The molecule has 0 saturated carbocycles. The second-order valence-electron chi connectivity index (χ2n) is 4.64. The van der Waals surface area contributed by atoms with Gasteiger partial charge in [0.15, 0.2) is 0 Å². The van der Waals surface area contributed by atoms with Gasteiger partial charge in [-0.15, -0.1) is 0 Å². The summed E-state index contributed by atoms with van der Waals surface area (Å²) in [7, 11) is 2.10. The van der Waals surface area contributed by atoms with Crippen molar-refractivity contribution in [1.29, 1.82) is 0 Å². The van der Waals surface area contributed by atoms with Crippen LogP contribution in [0.25, 0.3) is 0 Å². The van der Waals surface area contributed by atoms with Crippen molar-refractivity contribution in [3.63, 3.8) is 0 Å². The molecule has 1 aliphatic heterocycles. The van der Waals surface area contributed by atoms with E-state index in [-0.39, 0.29) is 6.10 Å². The van der Waals surface area contributed by atoms with Gasteiger partial charge in [0.25, 0.3) is 0 Å². The molecule has 3 nitrogen and oxygen atoms in total. The minimum absolute atomic E-state index is 0.343. The van der Waals surface area contributed by atoms with Crippen LogP contribution in [0.2, 0.25) is 0 Å². The number of hydrogen-bond donors (Lipinski definition) is 1. The molecule has 0 bridgehead atoms. The molecular weight excluding hydrogens is 214 g/mol. The number of aliphatic hydroxyl groups is 1. The van der Waals surface area contributed by atoms with E-state index >= 15 is 0 Å². The standard InChI is InChI=1S/C14H21NO2/c1-3-14(16)11-4-6-12(7-5-11)15(2)13-8-9-17-10-13/h4-7,13-14,16H,3,8-10H2,1-2H3. The lowest BCUT2D eigenvalue weighted by atomic mass is 10.1. The summed E-state index contributed by atoms with van der Waals surface area (Å²) >= 11 is 0. The maximum absolute atomic E-state index is 9.74. The fourth-order valence-corrected chi connectivity index (χ4v) is 2.21. The molecule has 94 valence electrons. The van der Waals surface area contributed by atoms with Crippen LogP contribution in [0.3, 0.4) is 0 Å². The molecule has 3 heteroatoms. The minimum Gasteiger partial charge on any atom is -0.388 e. The third-order valence-corrected chi connectivity index (χ3v) is 3.53. The Kier molecular flexibility index (Phi) is 4.02. The number of benzene rings is 1. The summed E-state index contributed by atoms with van der Waals surface area (Å²) in [6.07, 6.45) is 1.51. The third kappa shape index (κ3) is 2.79. The van der Waals surface area contributed by atoms with Gasteiger partial charge in [-0.3, -0.25) is 0 Å².